The topological polar surface area (TPSA) is 87.1 Å². The minimum atomic E-state index is -0.390. The van der Waals surface area contributed by atoms with E-state index in [1.54, 1.807) is 6.07 Å². The molecule has 1 unspecified atom stereocenters. The number of fused-ring (bicyclic) bond motifs is 1. The molecular formula is C13H17N5O2. The molecule has 1 fully saturated rings. The number of imidazole rings is 1. The number of rotatable bonds is 4. The van der Waals surface area contributed by atoms with E-state index < -0.39 is 4.92 Å². The van der Waals surface area contributed by atoms with Crippen LogP contribution < -0.4 is 10.2 Å². The first kappa shape index (κ1) is 12.9. The van der Waals surface area contributed by atoms with E-state index in [1.807, 2.05) is 7.05 Å². The lowest BCUT2D eigenvalue weighted by Gasteiger charge is -2.14. The number of nitrogens with one attached hydrogen (secondary N) is 2. The van der Waals surface area contributed by atoms with Gasteiger partial charge in [-0.15, -0.1) is 0 Å². The van der Waals surface area contributed by atoms with Gasteiger partial charge in [-0.1, -0.05) is 0 Å². The molecule has 1 atom stereocenters. The molecule has 3 rings (SSSR count). The number of nitrogens with zero attached hydrogens (tertiary/aromatic N) is 3. The van der Waals surface area contributed by atoms with Crippen LogP contribution in [-0.2, 0) is 0 Å². The number of nitro benzene ring substituents is 1. The first-order valence-corrected chi connectivity index (χ1v) is 6.71. The van der Waals surface area contributed by atoms with Crippen molar-refractivity contribution in [1.29, 1.82) is 0 Å². The van der Waals surface area contributed by atoms with E-state index in [1.165, 1.54) is 12.1 Å². The van der Waals surface area contributed by atoms with Crippen molar-refractivity contribution in [2.24, 2.45) is 5.92 Å². The van der Waals surface area contributed by atoms with Crippen molar-refractivity contribution in [3.05, 3.63) is 28.3 Å². The van der Waals surface area contributed by atoms with Crippen molar-refractivity contribution in [3.63, 3.8) is 0 Å². The van der Waals surface area contributed by atoms with E-state index in [-0.39, 0.29) is 5.69 Å². The number of hydrogen-bond acceptors (Lipinski definition) is 5. The second-order valence-corrected chi connectivity index (χ2v) is 5.18. The zero-order chi connectivity index (χ0) is 14.1. The molecule has 2 N–H and O–H groups in total. The molecule has 0 spiro atoms. The zero-order valence-corrected chi connectivity index (χ0v) is 11.3. The molecular weight excluding hydrogens is 258 g/mol. The summed E-state index contributed by atoms with van der Waals surface area (Å²) in [7, 11) is 1.96. The summed E-state index contributed by atoms with van der Waals surface area (Å²) < 4.78 is 0. The summed E-state index contributed by atoms with van der Waals surface area (Å²) in [6.45, 7) is 2.93. The van der Waals surface area contributed by atoms with Gasteiger partial charge >= 0.3 is 0 Å². The quantitative estimate of drug-likeness (QED) is 0.652. The largest absolute Gasteiger partial charge is 0.342 e. The highest BCUT2D eigenvalue weighted by molar-refractivity contribution is 5.80. The number of anilines is 1. The molecule has 7 nitrogen and oxygen atoms in total. The van der Waals surface area contributed by atoms with E-state index >= 15 is 0 Å². The van der Waals surface area contributed by atoms with Gasteiger partial charge in [-0.2, -0.15) is 0 Å². The first-order chi connectivity index (χ1) is 9.67. The molecule has 1 saturated heterocycles. The maximum atomic E-state index is 10.8. The van der Waals surface area contributed by atoms with Gasteiger partial charge in [0.15, 0.2) is 0 Å². The third kappa shape index (κ3) is 2.32. The molecule has 7 heteroatoms. The van der Waals surface area contributed by atoms with Crippen molar-refractivity contribution < 1.29 is 4.92 Å². The number of non-ortho nitro benzene ring substituents is 1. The van der Waals surface area contributed by atoms with Crippen LogP contribution in [-0.4, -0.2) is 41.6 Å². The molecule has 106 valence electrons. The Balaban J connectivity index is 1.84. The Morgan fingerprint density at radius 2 is 2.45 bits per heavy atom. The Bertz CT molecular complexity index is 639. The Morgan fingerprint density at radius 1 is 1.60 bits per heavy atom. The number of nitro groups is 1. The van der Waals surface area contributed by atoms with Crippen LogP contribution in [0.25, 0.3) is 11.0 Å². The Labute approximate surface area is 116 Å². The maximum absolute atomic E-state index is 10.8. The molecule has 0 radical (unpaired) electrons. The molecule has 0 aliphatic carbocycles. The molecule has 1 aromatic heterocycles. The summed E-state index contributed by atoms with van der Waals surface area (Å²) in [5.41, 5.74) is 1.57. The molecule has 2 aromatic rings. The number of H-pyrrole nitrogens is 1. The van der Waals surface area contributed by atoms with Crippen LogP contribution in [0.15, 0.2) is 18.2 Å². The molecule has 0 bridgehead atoms. The maximum Gasteiger partial charge on any atom is 0.271 e. The number of aromatic amines is 1. The molecule has 1 aliphatic rings. The fraction of sp³-hybridized carbons (Fsp3) is 0.462. The van der Waals surface area contributed by atoms with Gasteiger partial charge < -0.3 is 15.2 Å². The lowest BCUT2D eigenvalue weighted by atomic mass is 10.1. The van der Waals surface area contributed by atoms with Crippen molar-refractivity contribution in [1.82, 2.24) is 15.3 Å². The summed E-state index contributed by atoms with van der Waals surface area (Å²) in [4.78, 5) is 20.3. The summed E-state index contributed by atoms with van der Waals surface area (Å²) in [5.74, 6) is 1.43. The third-order valence-corrected chi connectivity index (χ3v) is 3.74. The summed E-state index contributed by atoms with van der Waals surface area (Å²) in [5, 5.41) is 14.0. The van der Waals surface area contributed by atoms with Crippen molar-refractivity contribution in [2.45, 2.75) is 6.42 Å². The highest BCUT2D eigenvalue weighted by Gasteiger charge is 2.24. The lowest BCUT2D eigenvalue weighted by Crippen LogP contribution is -2.24. The molecule has 2 heterocycles. The third-order valence-electron chi connectivity index (χ3n) is 3.74. The number of benzene rings is 1. The van der Waals surface area contributed by atoms with Crippen LogP contribution in [0.1, 0.15) is 6.42 Å². The average Bonchev–Trinajstić information content (AvgIpc) is 3.03. The molecule has 20 heavy (non-hydrogen) atoms. The van der Waals surface area contributed by atoms with E-state index in [9.17, 15) is 10.1 Å². The van der Waals surface area contributed by atoms with E-state index in [4.69, 9.17) is 0 Å². The minimum absolute atomic E-state index is 0.0854. The van der Waals surface area contributed by atoms with Crippen LogP contribution in [0.2, 0.25) is 0 Å². The van der Waals surface area contributed by atoms with E-state index in [0.29, 0.717) is 11.4 Å². The molecule has 1 aromatic carbocycles. The predicted octanol–water partition coefficient (Wildman–Crippen LogP) is 1.52. The van der Waals surface area contributed by atoms with Gasteiger partial charge in [0.2, 0.25) is 5.95 Å². The summed E-state index contributed by atoms with van der Waals surface area (Å²) >= 11 is 0. The Morgan fingerprint density at radius 3 is 3.20 bits per heavy atom. The number of hydrogen-bond donors (Lipinski definition) is 2. The van der Waals surface area contributed by atoms with Crippen LogP contribution in [0.5, 0.6) is 0 Å². The SMILES string of the molecule is CNCC1CCN(c2nc3ccc([N+](=O)[O-])cc3[nH]2)C1. The summed E-state index contributed by atoms with van der Waals surface area (Å²) in [6, 6.07) is 4.71. The Hall–Kier alpha value is -2.15. The van der Waals surface area contributed by atoms with Crippen LogP contribution in [0, 0.1) is 16.0 Å². The second-order valence-electron chi connectivity index (χ2n) is 5.18. The van der Waals surface area contributed by atoms with Crippen LogP contribution >= 0.6 is 0 Å². The minimum Gasteiger partial charge on any atom is -0.342 e. The number of aromatic nitrogens is 2. The lowest BCUT2D eigenvalue weighted by molar-refractivity contribution is -0.384. The van der Waals surface area contributed by atoms with Gasteiger partial charge in [-0.05, 0) is 32.0 Å². The van der Waals surface area contributed by atoms with E-state index in [2.05, 4.69) is 20.2 Å². The van der Waals surface area contributed by atoms with Gasteiger partial charge in [0.05, 0.1) is 16.0 Å². The van der Waals surface area contributed by atoms with Crippen molar-refractivity contribution >= 4 is 22.7 Å². The van der Waals surface area contributed by atoms with Gasteiger partial charge in [0.1, 0.15) is 0 Å². The standard InChI is InChI=1S/C13H17N5O2/c1-14-7-9-4-5-17(8-9)13-15-11-3-2-10(18(19)20)6-12(11)16-13/h2-3,6,9,14H,4-5,7-8H2,1H3,(H,15,16). The van der Waals surface area contributed by atoms with Crippen molar-refractivity contribution in [3.8, 4) is 0 Å². The average molecular weight is 275 g/mol. The van der Waals surface area contributed by atoms with Gasteiger partial charge in [-0.3, -0.25) is 10.1 Å². The van der Waals surface area contributed by atoms with Crippen LogP contribution in [0.3, 0.4) is 0 Å². The molecule has 0 amide bonds. The normalized spacial score (nSPS) is 18.9. The smallest absolute Gasteiger partial charge is 0.271 e. The van der Waals surface area contributed by atoms with Gasteiger partial charge in [-0.25, -0.2) is 4.98 Å². The fourth-order valence-corrected chi connectivity index (χ4v) is 2.73. The summed E-state index contributed by atoms with van der Waals surface area (Å²) in [6.07, 6.45) is 1.14. The predicted molar refractivity (Wildman–Crippen MR) is 77.0 cm³/mol. The van der Waals surface area contributed by atoms with Crippen molar-refractivity contribution in [2.75, 3.05) is 31.6 Å². The highest BCUT2D eigenvalue weighted by atomic mass is 16.6. The molecule has 0 saturated carbocycles. The monoisotopic (exact) mass is 275 g/mol. The van der Waals surface area contributed by atoms with Gasteiger partial charge in [0, 0.05) is 25.2 Å². The first-order valence-electron chi connectivity index (χ1n) is 6.71. The van der Waals surface area contributed by atoms with Crippen LogP contribution in [0.4, 0.5) is 11.6 Å². The molecule has 1 aliphatic heterocycles. The highest BCUT2D eigenvalue weighted by Crippen LogP contribution is 2.25. The van der Waals surface area contributed by atoms with E-state index in [0.717, 1.165) is 37.5 Å². The van der Waals surface area contributed by atoms with Gasteiger partial charge in [0.25, 0.3) is 5.69 Å². The fourth-order valence-electron chi connectivity index (χ4n) is 2.73. The second kappa shape index (κ2) is 5.09. The Kier molecular flexibility index (Phi) is 3.27. The zero-order valence-electron chi connectivity index (χ0n) is 11.3.